The van der Waals surface area contributed by atoms with Gasteiger partial charge in [0, 0.05) is 96.6 Å². The topological polar surface area (TPSA) is 97.6 Å². The van der Waals surface area contributed by atoms with Crippen molar-refractivity contribution < 1.29 is 5.11 Å². The molecular weight excluding hydrogens is 593 g/mol. The van der Waals surface area contributed by atoms with Gasteiger partial charge < -0.3 is 5.11 Å². The van der Waals surface area contributed by atoms with Gasteiger partial charge in [0.1, 0.15) is 30.0 Å². The second kappa shape index (κ2) is 10.3. The molecule has 0 fully saturated rings. The first-order valence-corrected chi connectivity index (χ1v) is 16.4. The van der Waals surface area contributed by atoms with Crippen LogP contribution in [0.2, 0.25) is 0 Å². The van der Waals surface area contributed by atoms with E-state index in [0.717, 1.165) is 63.4 Å². The lowest BCUT2D eigenvalue weighted by Crippen LogP contribution is -2.01. The van der Waals surface area contributed by atoms with Crippen molar-refractivity contribution in [3.63, 3.8) is 0 Å². The Morgan fingerprint density at radius 1 is 0.447 bits per heavy atom. The van der Waals surface area contributed by atoms with Gasteiger partial charge in [0.25, 0.3) is 0 Å². The fourth-order valence-corrected chi connectivity index (χ4v) is 8.60. The van der Waals surface area contributed by atoms with Crippen LogP contribution in [0.1, 0.15) is 5.69 Å². The maximum Gasteiger partial charge on any atom is 0.125 e. The van der Waals surface area contributed by atoms with Crippen molar-refractivity contribution in [3.05, 3.63) is 69.0 Å². The van der Waals surface area contributed by atoms with E-state index in [-0.39, 0.29) is 6.61 Å². The molecule has 0 aliphatic carbocycles. The summed E-state index contributed by atoms with van der Waals surface area (Å²) in [6.45, 7) is -0.133. The Morgan fingerprint density at radius 2 is 0.763 bits per heavy atom. The summed E-state index contributed by atoms with van der Waals surface area (Å²) in [6, 6.07) is 0. The van der Waals surface area contributed by atoms with Crippen LogP contribution in [0.15, 0.2) is 63.3 Å². The average Bonchev–Trinajstić information content (AvgIpc) is 3.81. The van der Waals surface area contributed by atoms with Gasteiger partial charge in [0.15, 0.2) is 0 Å². The molecule has 0 unspecified atom stereocenters. The summed E-state index contributed by atoms with van der Waals surface area (Å²) in [5.41, 5.74) is 6.26. The predicted molar refractivity (Wildman–Crippen MR) is 159 cm³/mol. The molecule has 6 heterocycles. The van der Waals surface area contributed by atoms with Gasteiger partial charge in [-0.15, -0.1) is 68.0 Å². The van der Waals surface area contributed by atoms with Gasteiger partial charge in [-0.1, -0.05) is 0 Å². The summed E-state index contributed by atoms with van der Waals surface area (Å²) in [4.78, 5) is 28.8. The number of thiazole rings is 6. The van der Waals surface area contributed by atoms with E-state index >= 15 is 0 Å². The number of aliphatic hydroxyl groups excluding tert-OH is 1. The van der Waals surface area contributed by atoms with Crippen molar-refractivity contribution in [1.82, 2.24) is 29.9 Å². The van der Waals surface area contributed by atoms with E-state index in [0.29, 0.717) is 5.69 Å². The third-order valence-electron chi connectivity index (χ3n) is 5.66. The number of hydrogen-bond donors (Lipinski definition) is 1. The molecular formula is C25H14N6OS6. The molecule has 0 amide bonds. The molecule has 7 rings (SSSR count). The Morgan fingerprint density at radius 3 is 1.00 bits per heavy atom. The van der Waals surface area contributed by atoms with E-state index in [2.05, 4.69) is 0 Å². The molecule has 0 atom stereocenters. The molecule has 0 saturated heterocycles. The van der Waals surface area contributed by atoms with Crippen molar-refractivity contribution in [1.29, 1.82) is 0 Å². The van der Waals surface area contributed by atoms with Crippen LogP contribution in [-0.2, 0) is 6.61 Å². The minimum absolute atomic E-state index is 0.133. The van der Waals surface area contributed by atoms with E-state index in [9.17, 15) is 5.11 Å². The number of hydrogen-bond acceptors (Lipinski definition) is 13. The molecule has 38 heavy (non-hydrogen) atoms. The van der Waals surface area contributed by atoms with Crippen LogP contribution in [0.5, 0.6) is 0 Å². The van der Waals surface area contributed by atoms with Crippen LogP contribution in [0.25, 0.3) is 63.4 Å². The molecule has 1 aromatic carbocycles. The molecule has 186 valence electrons. The highest BCUT2D eigenvalue weighted by atomic mass is 32.1. The molecule has 6 aromatic heterocycles. The Hall–Kier alpha value is -3.04. The van der Waals surface area contributed by atoms with Gasteiger partial charge in [-0.2, -0.15) is 0 Å². The summed E-state index contributed by atoms with van der Waals surface area (Å²) in [5, 5.41) is 26.8. The molecule has 0 aliphatic heterocycles. The SMILES string of the molecule is OCc1csc(-c2c(-c3nccs3)c(-c3nccs3)c(-c3nccs3)c(-c3nccs3)c2-c2nccs2)n1. The predicted octanol–water partition coefficient (Wildman–Crippen LogP) is 7.92. The molecule has 0 radical (unpaired) electrons. The van der Waals surface area contributed by atoms with Crippen LogP contribution in [-0.4, -0.2) is 35.0 Å². The third kappa shape index (κ3) is 4.07. The first-order chi connectivity index (χ1) is 18.8. The number of aromatic nitrogens is 6. The second-order valence-corrected chi connectivity index (χ2v) is 13.1. The van der Waals surface area contributed by atoms with Gasteiger partial charge in [0.05, 0.1) is 12.3 Å². The van der Waals surface area contributed by atoms with Gasteiger partial charge in [-0.3, -0.25) is 0 Å². The van der Waals surface area contributed by atoms with Crippen molar-refractivity contribution in [2.24, 2.45) is 0 Å². The van der Waals surface area contributed by atoms with Gasteiger partial charge >= 0.3 is 0 Å². The normalized spacial score (nSPS) is 11.4. The summed E-state index contributed by atoms with van der Waals surface area (Å²) < 4.78 is 0. The lowest BCUT2D eigenvalue weighted by molar-refractivity contribution is 0.278. The minimum atomic E-state index is -0.133. The van der Waals surface area contributed by atoms with Crippen molar-refractivity contribution >= 4 is 68.0 Å². The van der Waals surface area contributed by atoms with Gasteiger partial charge in [0.2, 0.25) is 0 Å². The Labute approximate surface area is 240 Å². The molecule has 1 N–H and O–H groups in total. The lowest BCUT2D eigenvalue weighted by Gasteiger charge is -2.22. The number of rotatable bonds is 7. The van der Waals surface area contributed by atoms with E-state index in [1.54, 1.807) is 56.7 Å². The van der Waals surface area contributed by atoms with E-state index in [4.69, 9.17) is 29.9 Å². The molecule has 7 aromatic rings. The highest BCUT2D eigenvalue weighted by Gasteiger charge is 2.34. The zero-order valence-electron chi connectivity index (χ0n) is 19.1. The zero-order chi connectivity index (χ0) is 25.5. The Kier molecular flexibility index (Phi) is 6.49. The van der Waals surface area contributed by atoms with Crippen LogP contribution >= 0.6 is 68.0 Å². The first kappa shape index (κ1) is 24.0. The van der Waals surface area contributed by atoms with Crippen LogP contribution in [0, 0.1) is 0 Å². The quantitative estimate of drug-likeness (QED) is 0.197. The fourth-order valence-electron chi connectivity index (χ4n) is 4.26. The Bertz CT molecular complexity index is 1690. The maximum atomic E-state index is 9.88. The van der Waals surface area contributed by atoms with Crippen molar-refractivity contribution in [2.75, 3.05) is 0 Å². The average molecular weight is 607 g/mol. The van der Waals surface area contributed by atoms with Gasteiger partial charge in [-0.05, 0) is 0 Å². The van der Waals surface area contributed by atoms with Gasteiger partial charge in [-0.25, -0.2) is 29.9 Å². The molecule has 0 spiro atoms. The largest absolute Gasteiger partial charge is 0.390 e. The maximum absolute atomic E-state index is 9.88. The highest BCUT2D eigenvalue weighted by Crippen LogP contribution is 2.57. The van der Waals surface area contributed by atoms with E-state index in [1.807, 2.05) is 63.3 Å². The first-order valence-electron chi connectivity index (χ1n) is 11.1. The number of nitrogens with zero attached hydrogens (tertiary/aromatic N) is 6. The molecule has 0 saturated carbocycles. The number of benzene rings is 1. The molecule has 7 nitrogen and oxygen atoms in total. The number of aliphatic hydroxyl groups is 1. The standard InChI is InChI=1S/C25H14N6OS6/c32-11-13-12-38-25(31-13)19-17(23-29-4-9-36-23)15(21-27-2-7-34-21)14(20-26-1-6-33-20)16(22-28-3-8-35-22)18(19)24-30-5-10-37-24/h1-10,12,32H,11H2. The summed E-state index contributed by atoms with van der Waals surface area (Å²) in [6.07, 6.45) is 9.10. The lowest BCUT2D eigenvalue weighted by atomic mass is 9.86. The second-order valence-electron chi connectivity index (χ2n) is 7.74. The fraction of sp³-hybridized carbons (Fsp3) is 0.0400. The van der Waals surface area contributed by atoms with E-state index < -0.39 is 0 Å². The monoisotopic (exact) mass is 606 g/mol. The Balaban J connectivity index is 1.77. The summed E-state index contributed by atoms with van der Waals surface area (Å²) in [7, 11) is 0. The minimum Gasteiger partial charge on any atom is -0.390 e. The summed E-state index contributed by atoms with van der Waals surface area (Å²) in [5.74, 6) is 0. The smallest absolute Gasteiger partial charge is 0.125 e. The molecule has 0 bridgehead atoms. The zero-order valence-corrected chi connectivity index (χ0v) is 24.0. The van der Waals surface area contributed by atoms with Crippen LogP contribution < -0.4 is 0 Å². The molecule has 0 aliphatic rings. The van der Waals surface area contributed by atoms with Crippen LogP contribution in [0.3, 0.4) is 0 Å². The van der Waals surface area contributed by atoms with E-state index in [1.165, 1.54) is 11.3 Å². The van der Waals surface area contributed by atoms with Crippen molar-refractivity contribution in [2.45, 2.75) is 6.61 Å². The molecule has 13 heteroatoms. The highest BCUT2D eigenvalue weighted by molar-refractivity contribution is 7.16. The summed E-state index contributed by atoms with van der Waals surface area (Å²) >= 11 is 9.38. The van der Waals surface area contributed by atoms with Crippen molar-refractivity contribution in [3.8, 4) is 63.4 Å². The third-order valence-corrected chi connectivity index (χ3v) is 10.5. The van der Waals surface area contributed by atoms with Crippen LogP contribution in [0.4, 0.5) is 0 Å².